The van der Waals surface area contributed by atoms with Crippen LogP contribution in [0.25, 0.3) is 0 Å². The molecule has 0 aliphatic carbocycles. The number of hydrogen-bond acceptors (Lipinski definition) is 3. The molecule has 1 rings (SSSR count). The zero-order chi connectivity index (χ0) is 11.3. The topological polar surface area (TPSA) is 27.7 Å². The Kier molecular flexibility index (Phi) is 5.39. The maximum Gasteiger partial charge on any atom is 0.191 e. The van der Waals surface area contributed by atoms with Gasteiger partial charge in [0.15, 0.2) is 13.1 Å². The third kappa shape index (κ3) is 4.38. The fourth-order valence-corrected chi connectivity index (χ4v) is 1.25. The average molecular weight is 296 g/mol. The number of benzene rings is 1. The highest BCUT2D eigenvalue weighted by Gasteiger charge is 2.01. The van der Waals surface area contributed by atoms with E-state index in [1.165, 1.54) is 0 Å². The van der Waals surface area contributed by atoms with Crippen molar-refractivity contribution >= 4 is 27.5 Å². The molecule has 0 fully saturated rings. The fourth-order valence-electron chi connectivity index (χ4n) is 0.833. The second-order valence-corrected chi connectivity index (χ2v) is 4.07. The Morgan fingerprint density at radius 1 is 1.47 bits per heavy atom. The van der Waals surface area contributed by atoms with E-state index in [1.54, 1.807) is 26.2 Å². The van der Waals surface area contributed by atoms with Gasteiger partial charge in [-0.25, -0.2) is 0 Å². The van der Waals surface area contributed by atoms with E-state index in [0.717, 1.165) is 4.47 Å². The summed E-state index contributed by atoms with van der Waals surface area (Å²) < 4.78 is 16.2. The van der Waals surface area contributed by atoms with Crippen molar-refractivity contribution in [3.8, 4) is 5.75 Å². The molecule has 0 aliphatic rings. The largest absolute Gasteiger partial charge is 0.467 e. The van der Waals surface area contributed by atoms with Crippen molar-refractivity contribution in [1.29, 1.82) is 0 Å². The first-order valence-corrected chi connectivity index (χ1v) is 5.53. The van der Waals surface area contributed by atoms with Gasteiger partial charge in [-0.3, -0.25) is 0 Å². The van der Waals surface area contributed by atoms with Crippen LogP contribution < -0.4 is 4.74 Å². The Labute approximate surface area is 102 Å². The third-order valence-electron chi connectivity index (χ3n) is 1.75. The molecule has 0 aliphatic heterocycles. The lowest BCUT2D eigenvalue weighted by molar-refractivity contribution is -0.149. The first kappa shape index (κ1) is 12.8. The van der Waals surface area contributed by atoms with E-state index in [-0.39, 0.29) is 13.1 Å². The minimum atomic E-state index is -0.282. The van der Waals surface area contributed by atoms with Crippen molar-refractivity contribution < 1.29 is 14.2 Å². The van der Waals surface area contributed by atoms with Crippen LogP contribution in [0.4, 0.5) is 0 Å². The summed E-state index contributed by atoms with van der Waals surface area (Å²) in [5.41, 5.74) is 0. The van der Waals surface area contributed by atoms with Crippen molar-refractivity contribution in [2.75, 3.05) is 13.9 Å². The SMILES string of the molecule is COC(C)OCOc1ccc(Br)c(Cl)c1. The summed E-state index contributed by atoms with van der Waals surface area (Å²) in [7, 11) is 1.57. The number of methoxy groups -OCH3 is 1. The van der Waals surface area contributed by atoms with Crippen LogP contribution in [-0.2, 0) is 9.47 Å². The summed E-state index contributed by atoms with van der Waals surface area (Å²) in [4.78, 5) is 0. The molecule has 1 aromatic carbocycles. The van der Waals surface area contributed by atoms with Gasteiger partial charge >= 0.3 is 0 Å². The van der Waals surface area contributed by atoms with Gasteiger partial charge in [0, 0.05) is 17.6 Å². The second kappa shape index (κ2) is 6.33. The minimum absolute atomic E-state index is 0.132. The summed E-state index contributed by atoms with van der Waals surface area (Å²) in [6, 6.07) is 5.33. The molecule has 1 atom stereocenters. The predicted molar refractivity (Wildman–Crippen MR) is 62.2 cm³/mol. The maximum atomic E-state index is 5.89. The van der Waals surface area contributed by atoms with Gasteiger partial charge < -0.3 is 14.2 Å². The molecule has 1 aromatic rings. The molecule has 0 radical (unpaired) electrons. The molecule has 84 valence electrons. The van der Waals surface area contributed by atoms with E-state index in [1.807, 2.05) is 6.07 Å². The van der Waals surface area contributed by atoms with Crippen molar-refractivity contribution in [1.82, 2.24) is 0 Å². The Bertz CT molecular complexity index is 320. The number of ether oxygens (including phenoxy) is 3. The van der Waals surface area contributed by atoms with Crippen molar-refractivity contribution in [2.24, 2.45) is 0 Å². The van der Waals surface area contributed by atoms with Crippen molar-refractivity contribution in [3.63, 3.8) is 0 Å². The predicted octanol–water partition coefficient (Wildman–Crippen LogP) is 3.45. The van der Waals surface area contributed by atoms with Gasteiger partial charge in [-0.15, -0.1) is 0 Å². The van der Waals surface area contributed by atoms with E-state index >= 15 is 0 Å². The van der Waals surface area contributed by atoms with Crippen molar-refractivity contribution in [3.05, 3.63) is 27.7 Å². The Morgan fingerprint density at radius 3 is 2.80 bits per heavy atom. The number of halogens is 2. The highest BCUT2D eigenvalue weighted by atomic mass is 79.9. The van der Waals surface area contributed by atoms with Gasteiger partial charge in [0.25, 0.3) is 0 Å². The molecule has 0 N–H and O–H groups in total. The van der Waals surface area contributed by atoms with Crippen LogP contribution in [0.3, 0.4) is 0 Å². The fraction of sp³-hybridized carbons (Fsp3) is 0.400. The summed E-state index contributed by atoms with van der Waals surface area (Å²) in [6.07, 6.45) is -0.282. The Balaban J connectivity index is 2.41. The minimum Gasteiger partial charge on any atom is -0.467 e. The van der Waals surface area contributed by atoms with E-state index in [4.69, 9.17) is 25.8 Å². The van der Waals surface area contributed by atoms with E-state index in [9.17, 15) is 0 Å². The maximum absolute atomic E-state index is 5.89. The van der Waals surface area contributed by atoms with Gasteiger partial charge in [-0.05, 0) is 35.0 Å². The molecule has 0 bridgehead atoms. The van der Waals surface area contributed by atoms with E-state index in [0.29, 0.717) is 10.8 Å². The van der Waals surface area contributed by atoms with Gasteiger partial charge in [-0.2, -0.15) is 0 Å². The smallest absolute Gasteiger partial charge is 0.191 e. The monoisotopic (exact) mass is 294 g/mol. The van der Waals surface area contributed by atoms with Gasteiger partial charge in [-0.1, -0.05) is 11.6 Å². The van der Waals surface area contributed by atoms with Crippen LogP contribution in [-0.4, -0.2) is 20.2 Å². The molecular weight excluding hydrogens is 283 g/mol. The lowest BCUT2D eigenvalue weighted by Crippen LogP contribution is -2.14. The molecule has 0 saturated carbocycles. The van der Waals surface area contributed by atoms with Crippen molar-refractivity contribution in [2.45, 2.75) is 13.2 Å². The van der Waals surface area contributed by atoms with Crippen LogP contribution in [0.1, 0.15) is 6.92 Å². The molecule has 0 amide bonds. The van der Waals surface area contributed by atoms with E-state index in [2.05, 4.69) is 15.9 Å². The molecule has 0 aromatic heterocycles. The normalized spacial score (nSPS) is 12.5. The van der Waals surface area contributed by atoms with Crippen LogP contribution in [0, 0.1) is 0 Å². The summed E-state index contributed by atoms with van der Waals surface area (Å²) >= 11 is 9.18. The lowest BCUT2D eigenvalue weighted by Gasteiger charge is -2.12. The number of rotatable bonds is 5. The van der Waals surface area contributed by atoms with Gasteiger partial charge in [0.1, 0.15) is 5.75 Å². The van der Waals surface area contributed by atoms with Crippen LogP contribution >= 0.6 is 27.5 Å². The zero-order valence-corrected chi connectivity index (χ0v) is 10.8. The Hall–Kier alpha value is -0.290. The first-order valence-electron chi connectivity index (χ1n) is 4.35. The number of hydrogen-bond donors (Lipinski definition) is 0. The Morgan fingerprint density at radius 2 is 2.20 bits per heavy atom. The third-order valence-corrected chi connectivity index (χ3v) is 2.98. The van der Waals surface area contributed by atoms with Gasteiger partial charge in [0.2, 0.25) is 0 Å². The summed E-state index contributed by atoms with van der Waals surface area (Å²) in [6.45, 7) is 1.92. The lowest BCUT2D eigenvalue weighted by atomic mass is 10.3. The molecule has 0 saturated heterocycles. The van der Waals surface area contributed by atoms with Gasteiger partial charge in [0.05, 0.1) is 5.02 Å². The quantitative estimate of drug-likeness (QED) is 0.779. The second-order valence-electron chi connectivity index (χ2n) is 2.81. The van der Waals surface area contributed by atoms with Crippen LogP contribution in [0.15, 0.2) is 22.7 Å². The highest BCUT2D eigenvalue weighted by Crippen LogP contribution is 2.26. The summed E-state index contributed by atoms with van der Waals surface area (Å²) in [5.74, 6) is 0.659. The van der Waals surface area contributed by atoms with Crippen LogP contribution in [0.2, 0.25) is 5.02 Å². The molecule has 0 heterocycles. The van der Waals surface area contributed by atoms with Crippen LogP contribution in [0.5, 0.6) is 5.75 Å². The average Bonchev–Trinajstić information content (AvgIpc) is 2.23. The molecule has 3 nitrogen and oxygen atoms in total. The van der Waals surface area contributed by atoms with E-state index < -0.39 is 0 Å². The summed E-state index contributed by atoms with van der Waals surface area (Å²) in [5, 5.41) is 0.604. The molecule has 15 heavy (non-hydrogen) atoms. The molecular formula is C10H12BrClO3. The highest BCUT2D eigenvalue weighted by molar-refractivity contribution is 9.10. The molecule has 1 unspecified atom stereocenters. The molecule has 5 heteroatoms. The first-order chi connectivity index (χ1) is 7.13. The zero-order valence-electron chi connectivity index (χ0n) is 8.50. The standard InChI is InChI=1S/C10H12BrClO3/c1-7(13-2)14-6-15-8-3-4-9(11)10(12)5-8/h3-5,7H,6H2,1-2H3. The molecule has 0 spiro atoms.